The van der Waals surface area contributed by atoms with Gasteiger partial charge in [0.1, 0.15) is 36.3 Å². The van der Waals surface area contributed by atoms with E-state index in [1.54, 1.807) is 6.92 Å². The Hall–Kier alpha value is -8.01. The summed E-state index contributed by atoms with van der Waals surface area (Å²) in [4.78, 5) is 144. The summed E-state index contributed by atoms with van der Waals surface area (Å²) < 4.78 is 1.12. The molecule has 0 fully saturated rings. The van der Waals surface area contributed by atoms with Crippen molar-refractivity contribution in [1.82, 2.24) is 63.8 Å². The molecular formula is C72H124N14O14. The van der Waals surface area contributed by atoms with E-state index < -0.39 is 95.8 Å². The van der Waals surface area contributed by atoms with Crippen LogP contribution in [0.5, 0.6) is 0 Å². The summed E-state index contributed by atoms with van der Waals surface area (Å²) in [5.74, 6) is -5.39. The predicted molar refractivity (Wildman–Crippen MR) is 384 cm³/mol. The molecule has 0 radical (unpaired) electrons. The van der Waals surface area contributed by atoms with Crippen LogP contribution in [0.3, 0.4) is 0 Å². The van der Waals surface area contributed by atoms with Gasteiger partial charge in [0, 0.05) is 68.9 Å². The van der Waals surface area contributed by atoms with Gasteiger partial charge in [-0.3, -0.25) is 52.7 Å². The maximum atomic E-state index is 13.7. The Kier molecular flexibility index (Phi) is 43.8. The zero-order valence-corrected chi connectivity index (χ0v) is 62.7. The number of unbranched alkanes of at least 4 members (excludes halogenated alkanes) is 1. The fourth-order valence-electron chi connectivity index (χ4n) is 11.0. The molecule has 0 aliphatic rings. The maximum Gasteiger partial charge on any atom is 0.303 e. The number of aromatic nitrogens is 2. The van der Waals surface area contributed by atoms with E-state index in [9.17, 15) is 68.3 Å². The van der Waals surface area contributed by atoms with Crippen molar-refractivity contribution in [3.05, 3.63) is 70.6 Å². The standard InChI is InChI=1S/C36H61N7O8.C36H63N7O6/c1-9-13-28(40-36(50)31(24(8)10-2)42-32(46)25-16-18-43(51)19-17-25)34(48)39-26(20-22(4)5)21-38-27(14-12-15-29(44)45)33(47)41-30(23(6)7)35(49)37-11-3;1-10-14-16-28(33(45)41-30(24(7)8)35(47)37-13-4)38-22-27(21-23(5)6)39-34(46)29(15-11-2)40-36(48)31(25(9)12-3)42-32(44)26-17-19-43(49)20-18-26/h16-19,22-24,26-28,30-31,38H,9-15,20-21H2,1-8H3,(H,37,49)(H,39,48)(H,40,50)(H,41,47)(H,42,46)(H,44,45);17-20,23-25,27-31,38H,10-16,21-22H2,1-9H3,(H,37,47)(H,39,46)(H,40,48)(H,41,45)(H,42,44)/t24-,26-,27-,28-,30-,31-;25-,27-,28-,29-,30-,31-/m00/s1. The van der Waals surface area contributed by atoms with Crippen LogP contribution in [0.1, 0.15) is 228 Å². The second-order valence-electron chi connectivity index (χ2n) is 27.5. The monoisotopic (exact) mass is 1410 g/mol. The average molecular weight is 1410 g/mol. The molecule has 0 aliphatic carbocycles. The Balaban J connectivity index is 0.00000100. The molecule has 100 heavy (non-hydrogen) atoms. The topological polar surface area (TPSA) is 406 Å². The van der Waals surface area contributed by atoms with Crippen molar-refractivity contribution < 1.29 is 67.3 Å². The number of carbonyl (C=O) groups is 11. The maximum absolute atomic E-state index is 13.7. The highest BCUT2D eigenvalue weighted by molar-refractivity contribution is 5.99. The second kappa shape index (κ2) is 48.7. The van der Waals surface area contributed by atoms with E-state index in [4.69, 9.17) is 0 Å². The lowest BCUT2D eigenvalue weighted by Gasteiger charge is -2.29. The quantitative estimate of drug-likeness (QED) is 0.0321. The van der Waals surface area contributed by atoms with Crippen LogP contribution in [-0.4, -0.2) is 157 Å². The molecule has 13 N–H and O–H groups in total. The van der Waals surface area contributed by atoms with Gasteiger partial charge in [0.15, 0.2) is 24.8 Å². The van der Waals surface area contributed by atoms with Crippen LogP contribution in [0.2, 0.25) is 0 Å². The van der Waals surface area contributed by atoms with E-state index in [1.165, 1.54) is 49.1 Å². The molecule has 0 bridgehead atoms. The normalized spacial score (nSPS) is 14.9. The first-order valence-electron chi connectivity index (χ1n) is 36.3. The summed E-state index contributed by atoms with van der Waals surface area (Å²) in [5, 5.41) is 67.2. The molecule has 0 unspecified atom stereocenters. The molecule has 0 saturated carbocycles. The number of hydrogen-bond acceptors (Lipinski definition) is 15. The van der Waals surface area contributed by atoms with Gasteiger partial charge in [-0.2, -0.15) is 9.46 Å². The second-order valence-corrected chi connectivity index (χ2v) is 27.5. The van der Waals surface area contributed by atoms with Gasteiger partial charge < -0.3 is 79.3 Å². The molecule has 28 nitrogen and oxygen atoms in total. The van der Waals surface area contributed by atoms with Gasteiger partial charge in [-0.15, -0.1) is 0 Å². The third kappa shape index (κ3) is 34.4. The number of likely N-dealkylation sites (N-methyl/N-ethyl adjacent to an activating group) is 2. The predicted octanol–water partition coefficient (Wildman–Crippen LogP) is 4.48. The Labute approximate surface area is 594 Å². The summed E-state index contributed by atoms with van der Waals surface area (Å²) in [7, 11) is 0. The van der Waals surface area contributed by atoms with Crippen LogP contribution in [0.4, 0.5) is 0 Å². The SMILES string of the molecule is CCCC[C@H](NC[C@H](CC(C)C)NC(=O)[C@H](CCC)NC(=O)[C@@H](NC(=O)c1cc[n+]([O-])cc1)[C@@H](C)CC)C(=O)N[C@H](C(=O)NCC)C(C)C.CCC[C@H](NC(=O)[C@@H](NC(=O)c1cc[n+]([O-])cc1)[C@@H](C)CC)C(=O)N[C@H](CN[C@@H](CCCC(=O)O)C(=O)N[C@H](C(=O)NCC)C(C)C)CC(C)C. The van der Waals surface area contributed by atoms with Crippen LogP contribution in [0, 0.1) is 45.9 Å². The molecule has 2 rings (SSSR count). The summed E-state index contributed by atoms with van der Waals surface area (Å²) in [6, 6.07) is -1.74. The Morgan fingerprint density at radius 2 is 0.740 bits per heavy atom. The number of pyridine rings is 2. The third-order valence-corrected chi connectivity index (χ3v) is 17.1. The van der Waals surface area contributed by atoms with E-state index in [0.717, 1.165) is 12.8 Å². The first kappa shape index (κ1) is 90.0. The minimum atomic E-state index is -0.988. The number of nitrogens with one attached hydrogen (secondary N) is 12. The van der Waals surface area contributed by atoms with Crippen LogP contribution in [0.15, 0.2) is 49.1 Å². The number of rotatable bonds is 47. The molecule has 28 heteroatoms. The Morgan fingerprint density at radius 1 is 0.400 bits per heavy atom. The number of amides is 10. The van der Waals surface area contributed by atoms with Crippen molar-refractivity contribution in [3.8, 4) is 0 Å². The molecular weight excluding hydrogens is 1280 g/mol. The Bertz CT molecular complexity index is 2830. The molecule has 0 saturated heterocycles. The van der Waals surface area contributed by atoms with Crippen LogP contribution < -0.4 is 73.3 Å². The van der Waals surface area contributed by atoms with Crippen molar-refractivity contribution in [2.24, 2.45) is 35.5 Å². The van der Waals surface area contributed by atoms with E-state index in [1.807, 2.05) is 111 Å². The molecule has 0 aliphatic heterocycles. The van der Waals surface area contributed by atoms with Gasteiger partial charge >= 0.3 is 5.97 Å². The van der Waals surface area contributed by atoms with E-state index in [2.05, 4.69) is 63.8 Å². The highest BCUT2D eigenvalue weighted by Crippen LogP contribution is 2.16. The highest BCUT2D eigenvalue weighted by Gasteiger charge is 2.35. The number of nitrogens with zero attached hydrogens (tertiary/aromatic N) is 2. The summed E-state index contributed by atoms with van der Waals surface area (Å²) in [6.07, 6.45) is 11.6. The van der Waals surface area contributed by atoms with Gasteiger partial charge in [0.05, 0.1) is 23.2 Å². The van der Waals surface area contributed by atoms with Crippen molar-refractivity contribution in [1.29, 1.82) is 0 Å². The molecule has 566 valence electrons. The van der Waals surface area contributed by atoms with Gasteiger partial charge in [0.25, 0.3) is 11.8 Å². The fraction of sp³-hybridized carbons (Fsp3) is 0.708. The lowest BCUT2D eigenvalue weighted by atomic mass is 9.97. The molecule has 0 aromatic carbocycles. The third-order valence-electron chi connectivity index (χ3n) is 17.1. The van der Waals surface area contributed by atoms with Gasteiger partial charge in [-0.05, 0) is 94.3 Å². The first-order valence-corrected chi connectivity index (χ1v) is 36.3. The number of aliphatic carboxylic acids is 1. The van der Waals surface area contributed by atoms with Crippen molar-refractivity contribution in [2.45, 2.75) is 268 Å². The first-order chi connectivity index (χ1) is 47.2. The molecule has 10 amide bonds. The van der Waals surface area contributed by atoms with Crippen LogP contribution >= 0.6 is 0 Å². The number of carboxylic acids is 1. The highest BCUT2D eigenvalue weighted by atomic mass is 16.5. The van der Waals surface area contributed by atoms with Crippen molar-refractivity contribution >= 4 is 65.0 Å². The van der Waals surface area contributed by atoms with E-state index >= 15 is 0 Å². The lowest BCUT2D eigenvalue weighted by Crippen LogP contribution is -2.58. The van der Waals surface area contributed by atoms with Crippen molar-refractivity contribution in [2.75, 3.05) is 26.2 Å². The molecule has 2 aromatic rings. The molecule has 2 heterocycles. The van der Waals surface area contributed by atoms with Crippen LogP contribution in [-0.2, 0) is 43.2 Å². The van der Waals surface area contributed by atoms with Crippen molar-refractivity contribution in [3.63, 3.8) is 0 Å². The van der Waals surface area contributed by atoms with Crippen LogP contribution in [0.25, 0.3) is 0 Å². The van der Waals surface area contributed by atoms with Gasteiger partial charge in [0.2, 0.25) is 47.3 Å². The molecule has 12 atom stereocenters. The number of hydrogen-bond donors (Lipinski definition) is 13. The summed E-state index contributed by atoms with van der Waals surface area (Å²) in [6.45, 7) is 33.8. The van der Waals surface area contributed by atoms with Gasteiger partial charge in [-0.25, -0.2) is 0 Å². The smallest absolute Gasteiger partial charge is 0.303 e. The number of carboxylic acid groups (broad SMARTS) is 1. The minimum Gasteiger partial charge on any atom is -0.619 e. The largest absolute Gasteiger partial charge is 0.619 e. The lowest BCUT2D eigenvalue weighted by molar-refractivity contribution is -0.605. The Morgan fingerprint density at radius 3 is 1.03 bits per heavy atom. The zero-order valence-electron chi connectivity index (χ0n) is 62.7. The van der Waals surface area contributed by atoms with E-state index in [0.29, 0.717) is 86.9 Å². The van der Waals surface area contributed by atoms with E-state index in [-0.39, 0.29) is 102 Å². The zero-order chi connectivity index (χ0) is 75.8. The average Bonchev–Trinajstić information content (AvgIpc) is 0.867. The molecule has 2 aromatic heterocycles. The fourth-order valence-corrected chi connectivity index (χ4v) is 11.0. The summed E-state index contributed by atoms with van der Waals surface area (Å²) in [5.41, 5.74) is 0.462. The molecule has 0 spiro atoms. The number of carbonyl (C=O) groups excluding carboxylic acids is 10. The van der Waals surface area contributed by atoms with Gasteiger partial charge in [-0.1, -0.05) is 142 Å². The summed E-state index contributed by atoms with van der Waals surface area (Å²) >= 11 is 0. The minimum absolute atomic E-state index is 0.0984.